The molecule has 0 radical (unpaired) electrons. The molecule has 4 aliphatic rings. The van der Waals surface area contributed by atoms with Crippen LogP contribution in [0.2, 0.25) is 0 Å². The number of hydrogen-bond acceptors (Lipinski definition) is 24. The number of rotatable bonds is 12. The first-order valence-corrected chi connectivity index (χ1v) is 15.2. The second kappa shape index (κ2) is 37.2. The van der Waals surface area contributed by atoms with Crippen LogP contribution < -0.4 is 0 Å². The molecule has 0 spiro atoms. The van der Waals surface area contributed by atoms with Crippen molar-refractivity contribution >= 4 is 189 Å². The maximum atomic E-state index is 9.38. The van der Waals surface area contributed by atoms with Gasteiger partial charge in [-0.05, 0) is 0 Å². The van der Waals surface area contributed by atoms with E-state index in [0.717, 1.165) is 0 Å². The Morgan fingerprint density at radius 1 is 0.373 bits per heavy atom. The van der Waals surface area contributed by atoms with Crippen molar-refractivity contribution in [2.45, 2.75) is 96.4 Å². The molecule has 4 heterocycles. The molecular weight excluding hydrogens is 945 g/mol. The van der Waals surface area contributed by atoms with E-state index in [0.29, 0.717) is 0 Å². The molecule has 16 N–H and O–H groups in total. The predicted molar refractivity (Wildman–Crippen MR) is 204 cm³/mol. The minimum atomic E-state index is -2.11. The number of hydrogen-bond donors (Lipinski definition) is 16. The topological polar surface area (TPSA) is 398 Å². The molecule has 4 rings (SSSR count). The zero-order valence-electron chi connectivity index (χ0n) is 34.4. The summed E-state index contributed by atoms with van der Waals surface area (Å²) in [6.07, 6.45) is -14.9. The zero-order chi connectivity index (χ0) is 40.2. The molecule has 4 fully saturated rings. The van der Waals surface area contributed by atoms with Crippen LogP contribution in [0, 0.1) is 43.3 Å². The van der Waals surface area contributed by atoms with Gasteiger partial charge in [0.2, 0.25) is 23.1 Å². The molecule has 0 bridgehead atoms. The summed E-state index contributed by atoms with van der Waals surface area (Å²) in [6.45, 7) is -3.45. The van der Waals surface area contributed by atoms with E-state index in [4.69, 9.17) is 39.4 Å². The molecule has 4 aliphatic heterocycles. The fourth-order valence-corrected chi connectivity index (χ4v) is 5.01. The van der Waals surface area contributed by atoms with E-state index in [9.17, 15) is 61.3 Å². The van der Waals surface area contributed by atoms with Gasteiger partial charge in [0, 0.05) is 26.4 Å². The van der Waals surface area contributed by atoms with E-state index >= 15 is 0 Å². The Balaban J connectivity index is -0.0000000959. The number of aliphatic hydroxyl groups is 16. The van der Waals surface area contributed by atoms with Gasteiger partial charge in [-0.25, -0.2) is 28.4 Å². The first kappa shape index (κ1) is 78.5. The van der Waals surface area contributed by atoms with Crippen LogP contribution in [-0.4, -0.2) is 420 Å². The molecule has 0 amide bonds. The van der Waals surface area contributed by atoms with Gasteiger partial charge in [0.15, 0.2) is 0 Å². The van der Waals surface area contributed by atoms with Crippen LogP contribution in [0.3, 0.4) is 0 Å². The van der Waals surface area contributed by atoms with Gasteiger partial charge < -0.3 is 136 Å². The molecule has 0 aromatic heterocycles. The van der Waals surface area contributed by atoms with Crippen molar-refractivity contribution in [1.82, 2.24) is 0 Å². The van der Waals surface area contributed by atoms with Crippen LogP contribution in [0.25, 0.3) is 0 Å². The standard InChI is InChI=1S/4C7H13O6.2CH3.5Ca.H/c4*1-12-2-4-5(9)6(10)7(11,3-8)13-4;;;;;;;;/h4*4-6,8-11H,1-3H2;2*1H3;;;;;;/q6*-1;5*+2;-1. The third-order valence-electron chi connectivity index (χ3n) is 8.12. The molecule has 16 atom stereocenters. The molecule has 59 heavy (non-hydrogen) atoms. The Kier molecular flexibility index (Phi) is 49.5. The molecule has 0 saturated carbocycles. The van der Waals surface area contributed by atoms with E-state index in [1.165, 1.54) is 0 Å². The SMILES string of the molecule is [CH2-]OCC1OC(O)(CO)C(O)C1O.[CH2-]OCC1OC(O)(CO)C(O)C1O.[CH2-]OCC1OC(O)(CO)C(O)C1O.[CH2-]OCC1OC(O)(CO)C(O)C1O.[CH3-].[CH3-].[Ca+2].[Ca+2].[Ca+2].[Ca+2].[Ca+2].[H-]. The molecule has 0 aromatic carbocycles. The van der Waals surface area contributed by atoms with Gasteiger partial charge in [0.25, 0.3) is 0 Å². The quantitative estimate of drug-likeness (QED) is 0.0638. The van der Waals surface area contributed by atoms with Crippen molar-refractivity contribution in [2.75, 3.05) is 52.9 Å². The van der Waals surface area contributed by atoms with Crippen molar-refractivity contribution < 1.29 is 121 Å². The molecule has 4 saturated heterocycles. The average Bonchev–Trinajstić information content (AvgIpc) is 3.67. The van der Waals surface area contributed by atoms with Gasteiger partial charge in [-0.15, -0.1) is 0 Å². The molecule has 330 valence electrons. The molecule has 0 aliphatic carbocycles. The minimum Gasteiger partial charge on any atom is -1.00 e. The number of aliphatic hydroxyl groups excluding tert-OH is 12. The maximum absolute atomic E-state index is 9.38. The summed E-state index contributed by atoms with van der Waals surface area (Å²) in [7, 11) is 12.3. The van der Waals surface area contributed by atoms with Crippen LogP contribution >= 0.6 is 0 Å². The predicted octanol–water partition coefficient (Wildman–Crippen LogP) is -10.5. The average molecular weight is 1000 g/mol. The van der Waals surface area contributed by atoms with Gasteiger partial charge in [0.05, 0.1) is 26.4 Å². The van der Waals surface area contributed by atoms with E-state index in [-0.39, 0.29) is 231 Å². The van der Waals surface area contributed by atoms with Crippen LogP contribution in [0.1, 0.15) is 1.43 Å². The summed E-state index contributed by atoms with van der Waals surface area (Å²) in [4.78, 5) is 0. The first-order chi connectivity index (χ1) is 24.2. The van der Waals surface area contributed by atoms with Crippen molar-refractivity contribution in [3.05, 3.63) is 43.3 Å². The fourth-order valence-electron chi connectivity index (χ4n) is 5.01. The van der Waals surface area contributed by atoms with Crippen LogP contribution in [0.5, 0.6) is 0 Å². The van der Waals surface area contributed by atoms with Gasteiger partial charge in [-0.2, -0.15) is 0 Å². The Morgan fingerprint density at radius 2 is 0.508 bits per heavy atom. The largest absolute Gasteiger partial charge is 2.00 e. The Hall–Kier alpha value is 5.34. The van der Waals surface area contributed by atoms with E-state index in [1.807, 2.05) is 0 Å². The van der Waals surface area contributed by atoms with Crippen molar-refractivity contribution in [1.29, 1.82) is 0 Å². The summed E-state index contributed by atoms with van der Waals surface area (Å²) in [6, 6.07) is 0. The van der Waals surface area contributed by atoms with Gasteiger partial charge >= 0.3 is 189 Å². The minimum absolute atomic E-state index is 0. The Morgan fingerprint density at radius 3 is 0.593 bits per heavy atom. The van der Waals surface area contributed by atoms with Gasteiger partial charge in [-0.1, -0.05) is 0 Å². The van der Waals surface area contributed by atoms with Gasteiger partial charge in [-0.3, -0.25) is 0 Å². The van der Waals surface area contributed by atoms with Crippen LogP contribution in [-0.2, 0) is 37.9 Å². The normalized spacial score (nSPS) is 40.1. The molecule has 16 unspecified atom stereocenters. The zero-order valence-corrected chi connectivity index (χ0v) is 44.4. The Bertz CT molecular complexity index is 883. The van der Waals surface area contributed by atoms with Gasteiger partial charge in [0.1, 0.15) is 73.2 Å². The van der Waals surface area contributed by atoms with E-state index in [2.05, 4.69) is 47.4 Å². The molecular formula is C30H59Ca5O24+3. The molecule has 24 nitrogen and oxygen atoms in total. The summed E-state index contributed by atoms with van der Waals surface area (Å²) < 4.78 is 37.0. The summed E-state index contributed by atoms with van der Waals surface area (Å²) in [5, 5.41) is 147. The second-order valence-corrected chi connectivity index (χ2v) is 11.9. The summed E-state index contributed by atoms with van der Waals surface area (Å²) in [5.74, 6) is -8.43. The number of ether oxygens (including phenoxy) is 8. The molecule has 0 aromatic rings. The van der Waals surface area contributed by atoms with Crippen LogP contribution in [0.4, 0.5) is 0 Å². The Labute approximate surface area is 494 Å². The summed E-state index contributed by atoms with van der Waals surface area (Å²) in [5.41, 5.74) is 0. The smallest absolute Gasteiger partial charge is 1.00 e. The van der Waals surface area contributed by atoms with Crippen molar-refractivity contribution in [2.24, 2.45) is 0 Å². The van der Waals surface area contributed by atoms with Crippen LogP contribution in [0.15, 0.2) is 0 Å². The van der Waals surface area contributed by atoms with Crippen molar-refractivity contribution in [3.8, 4) is 0 Å². The summed E-state index contributed by atoms with van der Waals surface area (Å²) >= 11 is 0. The van der Waals surface area contributed by atoms with E-state index < -0.39 is 123 Å². The third kappa shape index (κ3) is 21.5. The first-order valence-electron chi connectivity index (χ1n) is 15.2. The fraction of sp³-hybridized carbons (Fsp3) is 0.800. The second-order valence-electron chi connectivity index (χ2n) is 11.9. The van der Waals surface area contributed by atoms with Crippen molar-refractivity contribution in [3.63, 3.8) is 0 Å². The molecule has 29 heteroatoms. The monoisotopic (exact) mass is 1000 g/mol. The van der Waals surface area contributed by atoms with E-state index in [1.54, 1.807) is 0 Å². The maximum Gasteiger partial charge on any atom is 2.00 e. The third-order valence-corrected chi connectivity index (χ3v) is 8.12.